The molecule has 0 aromatic carbocycles. The van der Waals surface area contributed by atoms with Crippen molar-refractivity contribution in [1.82, 2.24) is 10.3 Å². The van der Waals surface area contributed by atoms with Crippen LogP contribution in [0.5, 0.6) is 0 Å². The Morgan fingerprint density at radius 3 is 3.00 bits per heavy atom. The van der Waals surface area contributed by atoms with Crippen LogP contribution in [-0.2, 0) is 6.54 Å². The summed E-state index contributed by atoms with van der Waals surface area (Å²) in [6.07, 6.45) is 3.76. The van der Waals surface area contributed by atoms with Crippen LogP contribution in [0.25, 0.3) is 0 Å². The molecule has 2 aromatic heterocycles. The second-order valence-electron chi connectivity index (χ2n) is 3.92. The van der Waals surface area contributed by atoms with Crippen LogP contribution >= 0.6 is 11.3 Å². The van der Waals surface area contributed by atoms with Gasteiger partial charge in [0.2, 0.25) is 0 Å². The van der Waals surface area contributed by atoms with Gasteiger partial charge in [-0.3, -0.25) is 4.98 Å². The highest BCUT2D eigenvalue weighted by molar-refractivity contribution is 7.10. The van der Waals surface area contributed by atoms with Crippen molar-refractivity contribution in [3.63, 3.8) is 0 Å². The molecule has 1 N–H and O–H groups in total. The smallest absolute Gasteiger partial charge is 0.0388 e. The lowest BCUT2D eigenvalue weighted by molar-refractivity contribution is 0.581. The van der Waals surface area contributed by atoms with Gasteiger partial charge in [0.05, 0.1) is 0 Å². The maximum Gasteiger partial charge on any atom is 0.0388 e. The van der Waals surface area contributed by atoms with Crippen molar-refractivity contribution in [1.29, 1.82) is 0 Å². The molecule has 0 bridgehead atoms. The van der Waals surface area contributed by atoms with E-state index in [1.807, 2.05) is 12.4 Å². The molecule has 0 fully saturated rings. The Labute approximate surface area is 100 Å². The van der Waals surface area contributed by atoms with Gasteiger partial charge in [0.15, 0.2) is 0 Å². The minimum absolute atomic E-state index is 0.410. The summed E-state index contributed by atoms with van der Waals surface area (Å²) in [5.74, 6) is 0. The molecule has 1 unspecified atom stereocenters. The molecule has 0 radical (unpaired) electrons. The Morgan fingerprint density at radius 2 is 2.31 bits per heavy atom. The molecule has 1 atom stereocenters. The van der Waals surface area contributed by atoms with Crippen molar-refractivity contribution in [3.05, 3.63) is 52.0 Å². The van der Waals surface area contributed by atoms with E-state index in [0.717, 1.165) is 6.54 Å². The number of thiophene rings is 1. The molecule has 0 aliphatic rings. The standard InChI is InChI=1S/C13H16N2S/c1-10-8-14-6-5-12(10)9-15-11(2)13-4-3-7-16-13/h3-8,11,15H,9H2,1-2H3. The molecule has 0 spiro atoms. The number of hydrogen-bond donors (Lipinski definition) is 1. The minimum Gasteiger partial charge on any atom is -0.305 e. The van der Waals surface area contributed by atoms with Gasteiger partial charge in [0, 0.05) is 29.9 Å². The molecular weight excluding hydrogens is 216 g/mol. The van der Waals surface area contributed by atoms with E-state index >= 15 is 0 Å². The van der Waals surface area contributed by atoms with Gasteiger partial charge in [-0.2, -0.15) is 0 Å². The second kappa shape index (κ2) is 5.23. The summed E-state index contributed by atoms with van der Waals surface area (Å²) in [7, 11) is 0. The minimum atomic E-state index is 0.410. The molecule has 0 saturated carbocycles. The van der Waals surface area contributed by atoms with Gasteiger partial charge in [-0.15, -0.1) is 11.3 Å². The maximum atomic E-state index is 4.10. The third kappa shape index (κ3) is 2.68. The monoisotopic (exact) mass is 232 g/mol. The van der Waals surface area contributed by atoms with Crippen LogP contribution < -0.4 is 5.32 Å². The lowest BCUT2D eigenvalue weighted by Crippen LogP contribution is -2.17. The summed E-state index contributed by atoms with van der Waals surface area (Å²) >= 11 is 1.80. The van der Waals surface area contributed by atoms with Gasteiger partial charge in [-0.25, -0.2) is 0 Å². The third-order valence-electron chi connectivity index (χ3n) is 2.71. The molecule has 0 aliphatic carbocycles. The average Bonchev–Trinajstić information content (AvgIpc) is 2.81. The number of aromatic nitrogens is 1. The molecule has 2 rings (SSSR count). The fourth-order valence-electron chi connectivity index (χ4n) is 1.60. The Kier molecular flexibility index (Phi) is 3.70. The first kappa shape index (κ1) is 11.3. The molecule has 2 nitrogen and oxygen atoms in total. The van der Waals surface area contributed by atoms with Gasteiger partial charge in [0.1, 0.15) is 0 Å². The van der Waals surface area contributed by atoms with Crippen LogP contribution in [0.2, 0.25) is 0 Å². The predicted molar refractivity (Wildman–Crippen MR) is 68.5 cm³/mol. The number of rotatable bonds is 4. The Balaban J connectivity index is 1.95. The van der Waals surface area contributed by atoms with Crippen molar-refractivity contribution in [3.8, 4) is 0 Å². The molecule has 84 valence electrons. The predicted octanol–water partition coefficient (Wildman–Crippen LogP) is 3.30. The molecule has 0 saturated heterocycles. The number of pyridine rings is 1. The van der Waals surface area contributed by atoms with Crippen molar-refractivity contribution < 1.29 is 0 Å². The number of aryl methyl sites for hydroxylation is 1. The zero-order valence-corrected chi connectivity index (χ0v) is 10.4. The number of hydrogen-bond acceptors (Lipinski definition) is 3. The van der Waals surface area contributed by atoms with Crippen LogP contribution in [-0.4, -0.2) is 4.98 Å². The summed E-state index contributed by atoms with van der Waals surface area (Å²) in [5.41, 5.74) is 2.56. The number of nitrogens with zero attached hydrogens (tertiary/aromatic N) is 1. The van der Waals surface area contributed by atoms with Gasteiger partial charge < -0.3 is 5.32 Å². The van der Waals surface area contributed by atoms with Crippen molar-refractivity contribution in [2.24, 2.45) is 0 Å². The largest absolute Gasteiger partial charge is 0.305 e. The average molecular weight is 232 g/mol. The second-order valence-corrected chi connectivity index (χ2v) is 4.90. The molecule has 3 heteroatoms. The van der Waals surface area contributed by atoms with E-state index in [4.69, 9.17) is 0 Å². The molecular formula is C13H16N2S. The van der Waals surface area contributed by atoms with E-state index in [2.05, 4.69) is 47.7 Å². The summed E-state index contributed by atoms with van der Waals surface area (Å²) < 4.78 is 0. The van der Waals surface area contributed by atoms with Gasteiger partial charge in [-0.05, 0) is 42.5 Å². The first-order valence-electron chi connectivity index (χ1n) is 5.43. The zero-order valence-electron chi connectivity index (χ0n) is 9.60. The van der Waals surface area contributed by atoms with Crippen LogP contribution in [0.3, 0.4) is 0 Å². The van der Waals surface area contributed by atoms with E-state index < -0.39 is 0 Å². The van der Waals surface area contributed by atoms with Crippen molar-refractivity contribution >= 4 is 11.3 Å². The summed E-state index contributed by atoms with van der Waals surface area (Å²) in [6.45, 7) is 5.19. The Bertz CT molecular complexity index is 437. The molecule has 0 aliphatic heterocycles. The molecule has 2 aromatic rings. The quantitative estimate of drug-likeness (QED) is 0.875. The highest BCUT2D eigenvalue weighted by Gasteiger charge is 2.06. The van der Waals surface area contributed by atoms with Crippen molar-refractivity contribution in [2.75, 3.05) is 0 Å². The van der Waals surface area contributed by atoms with Crippen LogP contribution in [0.1, 0.15) is 29.0 Å². The van der Waals surface area contributed by atoms with E-state index in [1.54, 1.807) is 11.3 Å². The fourth-order valence-corrected chi connectivity index (χ4v) is 2.36. The fraction of sp³-hybridized carbons (Fsp3) is 0.308. The van der Waals surface area contributed by atoms with E-state index in [9.17, 15) is 0 Å². The van der Waals surface area contributed by atoms with Crippen LogP contribution in [0.4, 0.5) is 0 Å². The van der Waals surface area contributed by atoms with Gasteiger partial charge in [0.25, 0.3) is 0 Å². The van der Waals surface area contributed by atoms with Gasteiger partial charge >= 0.3 is 0 Å². The van der Waals surface area contributed by atoms with E-state index in [-0.39, 0.29) is 0 Å². The summed E-state index contributed by atoms with van der Waals surface area (Å²) in [4.78, 5) is 5.48. The normalized spacial score (nSPS) is 12.6. The summed E-state index contributed by atoms with van der Waals surface area (Å²) in [6, 6.07) is 6.74. The van der Waals surface area contributed by atoms with Gasteiger partial charge in [-0.1, -0.05) is 6.07 Å². The van der Waals surface area contributed by atoms with Crippen molar-refractivity contribution in [2.45, 2.75) is 26.4 Å². The molecule has 0 amide bonds. The maximum absolute atomic E-state index is 4.10. The highest BCUT2D eigenvalue weighted by atomic mass is 32.1. The Morgan fingerprint density at radius 1 is 1.44 bits per heavy atom. The first-order chi connectivity index (χ1) is 7.77. The molecule has 2 heterocycles. The molecule has 16 heavy (non-hydrogen) atoms. The van der Waals surface area contributed by atoms with E-state index in [0.29, 0.717) is 6.04 Å². The topological polar surface area (TPSA) is 24.9 Å². The highest BCUT2D eigenvalue weighted by Crippen LogP contribution is 2.18. The lowest BCUT2D eigenvalue weighted by Gasteiger charge is -2.13. The van der Waals surface area contributed by atoms with Crippen LogP contribution in [0, 0.1) is 6.92 Å². The van der Waals surface area contributed by atoms with Crippen LogP contribution in [0.15, 0.2) is 36.0 Å². The zero-order chi connectivity index (χ0) is 11.4. The third-order valence-corrected chi connectivity index (χ3v) is 3.76. The summed E-state index contributed by atoms with van der Waals surface area (Å²) in [5, 5.41) is 5.64. The Hall–Kier alpha value is -1.19. The SMILES string of the molecule is Cc1cnccc1CNC(C)c1cccs1. The lowest BCUT2D eigenvalue weighted by atomic mass is 10.1. The first-order valence-corrected chi connectivity index (χ1v) is 6.31. The van der Waals surface area contributed by atoms with E-state index in [1.165, 1.54) is 16.0 Å². The number of nitrogens with one attached hydrogen (secondary N) is 1.